The Hall–Kier alpha value is -3.48. The van der Waals surface area contributed by atoms with Crippen molar-refractivity contribution in [3.8, 4) is 0 Å². The van der Waals surface area contributed by atoms with E-state index in [0.717, 1.165) is 18.4 Å². The van der Waals surface area contributed by atoms with Crippen LogP contribution in [0.1, 0.15) is 34.8 Å². The number of benzene rings is 2. The maximum Gasteiger partial charge on any atom is 0.255 e. The van der Waals surface area contributed by atoms with E-state index < -0.39 is 0 Å². The molecule has 0 fully saturated rings. The Morgan fingerprint density at radius 2 is 2.00 bits per heavy atom. The molecule has 154 valence electrons. The van der Waals surface area contributed by atoms with Crippen LogP contribution in [0.25, 0.3) is 0 Å². The molecular weight excluding hydrogens is 383 g/mol. The molecule has 6 nitrogen and oxygen atoms in total. The summed E-state index contributed by atoms with van der Waals surface area (Å²) < 4.78 is 14.9. The van der Waals surface area contributed by atoms with Gasteiger partial charge in [0.05, 0.1) is 6.04 Å². The van der Waals surface area contributed by atoms with Gasteiger partial charge in [-0.05, 0) is 61.6 Å². The third kappa shape index (κ3) is 4.10. The predicted octanol–water partition coefficient (Wildman–Crippen LogP) is 3.55. The summed E-state index contributed by atoms with van der Waals surface area (Å²) >= 11 is 0. The van der Waals surface area contributed by atoms with Crippen molar-refractivity contribution >= 4 is 17.5 Å². The van der Waals surface area contributed by atoms with Crippen molar-refractivity contribution in [2.75, 3.05) is 5.32 Å². The van der Waals surface area contributed by atoms with Crippen LogP contribution in [0.3, 0.4) is 0 Å². The van der Waals surface area contributed by atoms with Gasteiger partial charge >= 0.3 is 0 Å². The molecule has 0 bridgehead atoms. The molecule has 1 aliphatic rings. The van der Waals surface area contributed by atoms with Gasteiger partial charge in [-0.3, -0.25) is 14.2 Å². The normalized spacial score (nSPS) is 15.0. The van der Waals surface area contributed by atoms with E-state index >= 15 is 0 Å². The van der Waals surface area contributed by atoms with Crippen LogP contribution >= 0.6 is 0 Å². The lowest BCUT2D eigenvalue weighted by molar-refractivity contribution is -0.122. The highest BCUT2D eigenvalue weighted by Gasteiger charge is 2.24. The highest BCUT2D eigenvalue weighted by Crippen LogP contribution is 2.30. The molecule has 1 amide bonds. The summed E-state index contributed by atoms with van der Waals surface area (Å²) in [4.78, 5) is 29.7. The average Bonchev–Trinajstić information content (AvgIpc) is 3.10. The van der Waals surface area contributed by atoms with E-state index in [9.17, 15) is 14.0 Å². The standard InChI is InChI=1S/C23H23FN4O2/c1-14-11-17(8-9-19(14)24)26-23-25-15(2)12-22(30)28(23)13-21(29)27-20-10-7-16-5-3-4-6-18(16)20/h3-6,8-9,11-12,20H,7,10,13H2,1-2H3,(H,25,26)(H,27,29)/t20-/m1/s1. The van der Waals surface area contributed by atoms with Crippen LogP contribution in [0.4, 0.5) is 16.0 Å². The van der Waals surface area contributed by atoms with Crippen LogP contribution in [-0.4, -0.2) is 15.5 Å². The molecule has 0 radical (unpaired) electrons. The molecular formula is C23H23FN4O2. The number of halogens is 1. The Morgan fingerprint density at radius 3 is 2.80 bits per heavy atom. The van der Waals surface area contributed by atoms with Crippen LogP contribution in [-0.2, 0) is 17.8 Å². The topological polar surface area (TPSA) is 76.0 Å². The molecule has 0 spiro atoms. The van der Waals surface area contributed by atoms with Crippen molar-refractivity contribution in [3.05, 3.63) is 87.1 Å². The molecule has 30 heavy (non-hydrogen) atoms. The van der Waals surface area contributed by atoms with Crippen molar-refractivity contribution < 1.29 is 9.18 Å². The van der Waals surface area contributed by atoms with Crippen molar-refractivity contribution in [1.29, 1.82) is 0 Å². The summed E-state index contributed by atoms with van der Waals surface area (Å²) in [5.41, 5.74) is 3.63. The number of hydrogen-bond acceptors (Lipinski definition) is 4. The second-order valence-electron chi connectivity index (χ2n) is 7.59. The van der Waals surface area contributed by atoms with Crippen molar-refractivity contribution in [2.24, 2.45) is 0 Å². The Balaban J connectivity index is 1.55. The predicted molar refractivity (Wildman–Crippen MR) is 113 cm³/mol. The molecule has 1 heterocycles. The number of carbonyl (C=O) groups excluding carboxylic acids is 1. The highest BCUT2D eigenvalue weighted by atomic mass is 19.1. The van der Waals surface area contributed by atoms with Crippen LogP contribution in [0.15, 0.2) is 53.3 Å². The lowest BCUT2D eigenvalue weighted by Crippen LogP contribution is -2.35. The summed E-state index contributed by atoms with van der Waals surface area (Å²) in [5.74, 6) is -0.331. The van der Waals surface area contributed by atoms with Gasteiger partial charge in [0.25, 0.3) is 5.56 Å². The average molecular weight is 406 g/mol. The number of nitrogens with one attached hydrogen (secondary N) is 2. The Bertz CT molecular complexity index is 1170. The minimum absolute atomic E-state index is 0.0565. The molecule has 1 aliphatic carbocycles. The zero-order valence-electron chi connectivity index (χ0n) is 16.9. The summed E-state index contributed by atoms with van der Waals surface area (Å²) in [6.45, 7) is 3.21. The maximum atomic E-state index is 13.6. The third-order valence-corrected chi connectivity index (χ3v) is 5.32. The Labute approximate surface area is 173 Å². The first-order valence-corrected chi connectivity index (χ1v) is 9.89. The molecule has 1 atom stereocenters. The zero-order valence-corrected chi connectivity index (χ0v) is 16.9. The lowest BCUT2D eigenvalue weighted by atomic mass is 10.1. The number of aromatic nitrogens is 2. The van der Waals surface area contributed by atoms with E-state index in [1.165, 1.54) is 22.3 Å². The van der Waals surface area contributed by atoms with E-state index in [1.807, 2.05) is 18.2 Å². The fourth-order valence-electron chi connectivity index (χ4n) is 3.81. The van der Waals surface area contributed by atoms with Gasteiger partial charge in [-0.2, -0.15) is 0 Å². The molecule has 3 aromatic rings. The van der Waals surface area contributed by atoms with E-state index in [2.05, 4.69) is 21.7 Å². The molecule has 1 aromatic heterocycles. The monoisotopic (exact) mass is 406 g/mol. The van der Waals surface area contributed by atoms with Crippen LogP contribution < -0.4 is 16.2 Å². The number of carbonyl (C=O) groups is 1. The minimum Gasteiger partial charge on any atom is -0.348 e. The largest absolute Gasteiger partial charge is 0.348 e. The number of rotatable bonds is 5. The van der Waals surface area contributed by atoms with Crippen molar-refractivity contribution in [3.63, 3.8) is 0 Å². The van der Waals surface area contributed by atoms with Crippen LogP contribution in [0, 0.1) is 19.7 Å². The van der Waals surface area contributed by atoms with Crippen LogP contribution in [0.2, 0.25) is 0 Å². The van der Waals surface area contributed by atoms with E-state index in [4.69, 9.17) is 0 Å². The maximum absolute atomic E-state index is 13.6. The number of hydrogen-bond donors (Lipinski definition) is 2. The van der Waals surface area contributed by atoms with Gasteiger partial charge in [0.2, 0.25) is 11.9 Å². The summed E-state index contributed by atoms with van der Waals surface area (Å²) in [5, 5.41) is 6.07. The van der Waals surface area contributed by atoms with Gasteiger partial charge in [-0.25, -0.2) is 9.37 Å². The van der Waals surface area contributed by atoms with Gasteiger partial charge < -0.3 is 10.6 Å². The van der Waals surface area contributed by atoms with Crippen molar-refractivity contribution in [1.82, 2.24) is 14.9 Å². The lowest BCUT2D eigenvalue weighted by Gasteiger charge is -2.17. The number of amides is 1. The molecule has 2 aromatic carbocycles. The molecule has 0 unspecified atom stereocenters. The van der Waals surface area contributed by atoms with Gasteiger partial charge in [-0.15, -0.1) is 0 Å². The molecule has 7 heteroatoms. The van der Waals surface area contributed by atoms with Gasteiger partial charge in [0, 0.05) is 17.4 Å². The van der Waals surface area contributed by atoms with E-state index in [-0.39, 0.29) is 35.8 Å². The number of fused-ring (bicyclic) bond motifs is 1. The van der Waals surface area contributed by atoms with E-state index in [0.29, 0.717) is 16.9 Å². The van der Waals surface area contributed by atoms with Gasteiger partial charge in [0.1, 0.15) is 12.4 Å². The molecule has 0 saturated heterocycles. The number of aryl methyl sites for hydroxylation is 3. The SMILES string of the molecule is Cc1cc(=O)n(CC(=O)N[C@@H]2CCc3ccccc32)c(Nc2ccc(F)c(C)c2)n1. The second kappa shape index (κ2) is 8.10. The molecule has 0 saturated carbocycles. The fraction of sp³-hybridized carbons (Fsp3) is 0.261. The summed E-state index contributed by atoms with van der Waals surface area (Å²) in [6.07, 6.45) is 1.76. The number of anilines is 2. The first-order chi connectivity index (χ1) is 14.4. The van der Waals surface area contributed by atoms with Crippen LogP contribution in [0.5, 0.6) is 0 Å². The molecule has 0 aliphatic heterocycles. The van der Waals surface area contributed by atoms with E-state index in [1.54, 1.807) is 26.0 Å². The zero-order chi connectivity index (χ0) is 21.3. The first-order valence-electron chi connectivity index (χ1n) is 9.89. The summed E-state index contributed by atoms with van der Waals surface area (Å²) in [6, 6.07) is 13.9. The van der Waals surface area contributed by atoms with Gasteiger partial charge in [0.15, 0.2) is 0 Å². The fourth-order valence-corrected chi connectivity index (χ4v) is 3.81. The van der Waals surface area contributed by atoms with Gasteiger partial charge in [-0.1, -0.05) is 24.3 Å². The highest BCUT2D eigenvalue weighted by molar-refractivity contribution is 5.77. The van der Waals surface area contributed by atoms with Crippen molar-refractivity contribution in [2.45, 2.75) is 39.3 Å². The summed E-state index contributed by atoms with van der Waals surface area (Å²) in [7, 11) is 0. The Morgan fingerprint density at radius 1 is 1.20 bits per heavy atom. The quantitative estimate of drug-likeness (QED) is 0.680. The molecule has 4 rings (SSSR count). The second-order valence-corrected chi connectivity index (χ2v) is 7.59. The minimum atomic E-state index is -0.328. The Kier molecular flexibility index (Phi) is 5.35. The smallest absolute Gasteiger partial charge is 0.255 e. The molecule has 2 N–H and O–H groups in total. The number of nitrogens with zero attached hydrogens (tertiary/aromatic N) is 2. The first kappa shape index (κ1) is 19.8. The third-order valence-electron chi connectivity index (χ3n) is 5.32.